The summed E-state index contributed by atoms with van der Waals surface area (Å²) >= 11 is 0. The van der Waals surface area contributed by atoms with E-state index in [4.69, 9.17) is 0 Å². The minimum atomic E-state index is -0.0759. The van der Waals surface area contributed by atoms with Gasteiger partial charge in [-0.15, -0.1) is 0 Å². The molecule has 0 aliphatic heterocycles. The number of aryl methyl sites for hydroxylation is 2. The molecule has 0 saturated carbocycles. The molecular weight excluding hydrogens is 190 g/mol. The van der Waals surface area contributed by atoms with Crippen LogP contribution in [0.25, 0.3) is 0 Å². The highest BCUT2D eigenvalue weighted by Gasteiger charge is 2.13. The quantitative estimate of drug-likeness (QED) is 0.689. The molecule has 0 atom stereocenters. The first kappa shape index (κ1) is 9.58. The smallest absolute Gasteiger partial charge is 0.228 e. The van der Waals surface area contributed by atoms with E-state index >= 15 is 0 Å². The molecule has 0 saturated heterocycles. The molecule has 0 amide bonds. The van der Waals surface area contributed by atoms with E-state index in [1.807, 2.05) is 6.92 Å². The molecule has 4 heteroatoms. The second-order valence-corrected chi connectivity index (χ2v) is 3.38. The summed E-state index contributed by atoms with van der Waals surface area (Å²) in [5.74, 6) is 0.369. The molecule has 0 aliphatic carbocycles. The Morgan fingerprint density at radius 3 is 2.73 bits per heavy atom. The van der Waals surface area contributed by atoms with Gasteiger partial charge < -0.3 is 4.57 Å². The minimum Gasteiger partial charge on any atom is -0.331 e. The van der Waals surface area contributed by atoms with Gasteiger partial charge in [-0.05, 0) is 19.1 Å². The lowest BCUT2D eigenvalue weighted by atomic mass is 10.1. The van der Waals surface area contributed by atoms with Crippen LogP contribution < -0.4 is 0 Å². The number of pyridine rings is 1. The van der Waals surface area contributed by atoms with Crippen LogP contribution in [0.4, 0.5) is 0 Å². The zero-order valence-electron chi connectivity index (χ0n) is 8.64. The van der Waals surface area contributed by atoms with E-state index in [1.54, 1.807) is 42.3 Å². The number of imidazole rings is 1. The summed E-state index contributed by atoms with van der Waals surface area (Å²) in [7, 11) is 1.80. The summed E-state index contributed by atoms with van der Waals surface area (Å²) in [6.07, 6.45) is 4.99. The predicted octanol–water partition coefficient (Wildman–Crippen LogP) is 1.35. The first-order valence-electron chi connectivity index (χ1n) is 4.63. The molecule has 2 aromatic rings. The highest BCUT2D eigenvalue weighted by Crippen LogP contribution is 2.07. The molecule has 0 bridgehead atoms. The number of nitrogens with zero attached hydrogens (tertiary/aromatic N) is 3. The lowest BCUT2D eigenvalue weighted by Gasteiger charge is -2.01. The zero-order valence-corrected chi connectivity index (χ0v) is 8.64. The zero-order chi connectivity index (χ0) is 10.8. The normalized spacial score (nSPS) is 10.3. The molecule has 76 valence electrons. The van der Waals surface area contributed by atoms with Crippen LogP contribution in [0.15, 0.2) is 30.7 Å². The van der Waals surface area contributed by atoms with Crippen LogP contribution in [0.3, 0.4) is 0 Å². The van der Waals surface area contributed by atoms with Crippen molar-refractivity contribution in [1.29, 1.82) is 0 Å². The Hall–Kier alpha value is -1.97. The lowest BCUT2D eigenvalue weighted by molar-refractivity contribution is 0.102. The van der Waals surface area contributed by atoms with Crippen molar-refractivity contribution < 1.29 is 4.79 Å². The lowest BCUT2D eigenvalue weighted by Crippen LogP contribution is -2.08. The van der Waals surface area contributed by atoms with Gasteiger partial charge in [0, 0.05) is 36.9 Å². The summed E-state index contributed by atoms with van der Waals surface area (Å²) in [5.41, 5.74) is 1.45. The van der Waals surface area contributed by atoms with Crippen molar-refractivity contribution in [2.45, 2.75) is 6.92 Å². The number of hydrogen-bond acceptors (Lipinski definition) is 3. The van der Waals surface area contributed by atoms with Crippen molar-refractivity contribution >= 4 is 5.78 Å². The van der Waals surface area contributed by atoms with Crippen molar-refractivity contribution in [3.05, 3.63) is 47.8 Å². The van der Waals surface area contributed by atoms with E-state index in [0.29, 0.717) is 11.4 Å². The van der Waals surface area contributed by atoms with Crippen LogP contribution in [-0.2, 0) is 7.05 Å². The molecule has 0 spiro atoms. The second-order valence-electron chi connectivity index (χ2n) is 3.38. The third kappa shape index (κ3) is 1.79. The molecular formula is C11H11N3O. The molecule has 2 heterocycles. The molecule has 2 rings (SSSR count). The number of ketones is 1. The average Bonchev–Trinajstić information content (AvgIpc) is 2.63. The maximum Gasteiger partial charge on any atom is 0.228 e. The molecule has 0 aromatic carbocycles. The molecule has 15 heavy (non-hydrogen) atoms. The van der Waals surface area contributed by atoms with Gasteiger partial charge in [0.15, 0.2) is 5.82 Å². The van der Waals surface area contributed by atoms with Crippen LogP contribution in [0.5, 0.6) is 0 Å². The van der Waals surface area contributed by atoms with Gasteiger partial charge in [0.2, 0.25) is 5.78 Å². The highest BCUT2D eigenvalue weighted by atomic mass is 16.1. The van der Waals surface area contributed by atoms with Crippen molar-refractivity contribution in [3.63, 3.8) is 0 Å². The second kappa shape index (κ2) is 3.65. The highest BCUT2D eigenvalue weighted by molar-refractivity contribution is 6.06. The van der Waals surface area contributed by atoms with Gasteiger partial charge in [-0.2, -0.15) is 0 Å². The summed E-state index contributed by atoms with van der Waals surface area (Å²) in [6.45, 7) is 1.86. The minimum absolute atomic E-state index is 0.0759. The fourth-order valence-corrected chi connectivity index (χ4v) is 1.40. The summed E-state index contributed by atoms with van der Waals surface area (Å²) in [5, 5.41) is 0. The Morgan fingerprint density at radius 2 is 2.13 bits per heavy atom. The number of carbonyl (C=O) groups is 1. The first-order chi connectivity index (χ1) is 7.18. The molecule has 2 aromatic heterocycles. The predicted molar refractivity (Wildman–Crippen MR) is 55.6 cm³/mol. The van der Waals surface area contributed by atoms with Crippen LogP contribution >= 0.6 is 0 Å². The summed E-state index contributed by atoms with van der Waals surface area (Å²) in [6, 6.07) is 3.46. The molecule has 0 aliphatic rings. The number of carbonyl (C=O) groups excluding carboxylic acids is 1. The standard InChI is InChI=1S/C11H11N3O/c1-8-7-9(3-4-12-8)10(15)11-13-5-6-14(11)2/h3-7H,1-2H3. The van der Waals surface area contributed by atoms with Crippen molar-refractivity contribution in [1.82, 2.24) is 14.5 Å². The van der Waals surface area contributed by atoms with Gasteiger partial charge in [0.05, 0.1) is 0 Å². The average molecular weight is 201 g/mol. The third-order valence-corrected chi connectivity index (χ3v) is 2.18. The maximum atomic E-state index is 12.0. The van der Waals surface area contributed by atoms with Gasteiger partial charge in [-0.1, -0.05) is 0 Å². The van der Waals surface area contributed by atoms with Gasteiger partial charge in [-0.3, -0.25) is 9.78 Å². The van der Waals surface area contributed by atoms with Crippen LogP contribution in [0, 0.1) is 6.92 Å². The maximum absolute atomic E-state index is 12.0. The molecule has 0 fully saturated rings. The van der Waals surface area contributed by atoms with Crippen molar-refractivity contribution in [3.8, 4) is 0 Å². The van der Waals surface area contributed by atoms with E-state index in [9.17, 15) is 4.79 Å². The largest absolute Gasteiger partial charge is 0.331 e. The Bertz CT molecular complexity index is 502. The molecule has 4 nitrogen and oxygen atoms in total. The monoisotopic (exact) mass is 201 g/mol. The molecule has 0 N–H and O–H groups in total. The van der Waals surface area contributed by atoms with E-state index in [1.165, 1.54) is 0 Å². The van der Waals surface area contributed by atoms with Gasteiger partial charge in [0.1, 0.15) is 0 Å². The van der Waals surface area contributed by atoms with Crippen molar-refractivity contribution in [2.24, 2.45) is 7.05 Å². The number of rotatable bonds is 2. The molecule has 0 radical (unpaired) electrons. The number of hydrogen-bond donors (Lipinski definition) is 0. The SMILES string of the molecule is Cc1cc(C(=O)c2nccn2C)ccn1. The van der Waals surface area contributed by atoms with Gasteiger partial charge in [-0.25, -0.2) is 4.98 Å². The number of aromatic nitrogens is 3. The summed E-state index contributed by atoms with van der Waals surface area (Å²) in [4.78, 5) is 20.0. The van der Waals surface area contributed by atoms with Gasteiger partial charge >= 0.3 is 0 Å². The van der Waals surface area contributed by atoms with E-state index < -0.39 is 0 Å². The Kier molecular flexibility index (Phi) is 2.33. The van der Waals surface area contributed by atoms with Crippen LogP contribution in [0.1, 0.15) is 21.9 Å². The van der Waals surface area contributed by atoms with Gasteiger partial charge in [0.25, 0.3) is 0 Å². The van der Waals surface area contributed by atoms with E-state index in [-0.39, 0.29) is 5.78 Å². The fourth-order valence-electron chi connectivity index (χ4n) is 1.40. The van der Waals surface area contributed by atoms with Crippen LogP contribution in [0.2, 0.25) is 0 Å². The van der Waals surface area contributed by atoms with Crippen LogP contribution in [-0.4, -0.2) is 20.3 Å². The Balaban J connectivity index is 2.41. The molecule has 0 unspecified atom stereocenters. The fraction of sp³-hybridized carbons (Fsp3) is 0.182. The third-order valence-electron chi connectivity index (χ3n) is 2.18. The van der Waals surface area contributed by atoms with Crippen molar-refractivity contribution in [2.75, 3.05) is 0 Å². The van der Waals surface area contributed by atoms with E-state index in [2.05, 4.69) is 9.97 Å². The topological polar surface area (TPSA) is 47.8 Å². The first-order valence-corrected chi connectivity index (χ1v) is 4.63. The Labute approximate surface area is 87.6 Å². The summed E-state index contributed by atoms with van der Waals surface area (Å²) < 4.78 is 1.71. The Morgan fingerprint density at radius 1 is 1.33 bits per heavy atom. The van der Waals surface area contributed by atoms with E-state index in [0.717, 1.165) is 5.69 Å².